The molecule has 2 aliphatic rings. The van der Waals surface area contributed by atoms with Crippen molar-refractivity contribution in [2.45, 2.75) is 57.3 Å². The van der Waals surface area contributed by atoms with Crippen LogP contribution in [0, 0.1) is 13.8 Å². The number of carbonyl (C=O) groups excluding carboxylic acids is 1. The number of hydrogen-bond donors (Lipinski definition) is 0. The van der Waals surface area contributed by atoms with Crippen molar-refractivity contribution in [3.63, 3.8) is 0 Å². The molecule has 0 unspecified atom stereocenters. The molecule has 3 rings (SSSR count). The minimum absolute atomic E-state index is 0.0151. The van der Waals surface area contributed by atoms with E-state index in [1.54, 1.807) is 14.2 Å². The fourth-order valence-electron chi connectivity index (χ4n) is 4.17. The molecule has 1 aliphatic heterocycles. The molecule has 2 heterocycles. The number of carbonyl (C=O) groups is 1. The zero-order valence-electron chi connectivity index (χ0n) is 14.3. The molecule has 1 aromatic heterocycles. The lowest BCUT2D eigenvalue weighted by Crippen LogP contribution is -2.53. The standard InChI is InChI=1S/C17H25N3O3/c1-11-15(12(2)19-10-18-11)16(21)20-8-7-17(23-4)6-5-13(22-3)9-14(17)20/h10,13-14H,5-9H2,1-4H3/t13-,14-,17+/m1/s1. The minimum atomic E-state index is -0.234. The van der Waals surface area contributed by atoms with Gasteiger partial charge in [-0.3, -0.25) is 4.79 Å². The summed E-state index contributed by atoms with van der Waals surface area (Å²) in [7, 11) is 3.50. The Labute approximate surface area is 137 Å². The van der Waals surface area contributed by atoms with Crippen molar-refractivity contribution in [2.75, 3.05) is 20.8 Å². The first-order chi connectivity index (χ1) is 11.0. The predicted molar refractivity (Wildman–Crippen MR) is 85.3 cm³/mol. The normalized spacial score (nSPS) is 30.3. The lowest BCUT2D eigenvalue weighted by Gasteiger charge is -2.43. The van der Waals surface area contributed by atoms with E-state index in [1.165, 1.54) is 6.33 Å². The number of aryl methyl sites for hydroxylation is 2. The van der Waals surface area contributed by atoms with Gasteiger partial charge in [-0.1, -0.05) is 0 Å². The maximum absolute atomic E-state index is 13.1. The van der Waals surface area contributed by atoms with E-state index in [4.69, 9.17) is 9.47 Å². The Morgan fingerprint density at radius 2 is 1.96 bits per heavy atom. The van der Waals surface area contributed by atoms with E-state index in [1.807, 2.05) is 18.7 Å². The van der Waals surface area contributed by atoms with E-state index in [2.05, 4.69) is 9.97 Å². The Hall–Kier alpha value is -1.53. The fourth-order valence-corrected chi connectivity index (χ4v) is 4.17. The van der Waals surface area contributed by atoms with Crippen LogP contribution < -0.4 is 0 Å². The third kappa shape index (κ3) is 2.64. The Bertz CT molecular complexity index is 586. The van der Waals surface area contributed by atoms with Gasteiger partial charge in [0.1, 0.15) is 6.33 Å². The summed E-state index contributed by atoms with van der Waals surface area (Å²) >= 11 is 0. The topological polar surface area (TPSA) is 64.6 Å². The maximum Gasteiger partial charge on any atom is 0.257 e. The van der Waals surface area contributed by atoms with Crippen molar-refractivity contribution < 1.29 is 14.3 Å². The van der Waals surface area contributed by atoms with Crippen LogP contribution in [0.5, 0.6) is 0 Å². The number of amides is 1. The molecule has 1 aromatic rings. The van der Waals surface area contributed by atoms with Gasteiger partial charge < -0.3 is 14.4 Å². The monoisotopic (exact) mass is 319 g/mol. The van der Waals surface area contributed by atoms with Crippen LogP contribution in [0.25, 0.3) is 0 Å². The molecular weight excluding hydrogens is 294 g/mol. The molecule has 2 fully saturated rings. The van der Waals surface area contributed by atoms with E-state index in [-0.39, 0.29) is 23.7 Å². The largest absolute Gasteiger partial charge is 0.381 e. The highest BCUT2D eigenvalue weighted by molar-refractivity contribution is 5.96. The van der Waals surface area contributed by atoms with Crippen molar-refractivity contribution >= 4 is 5.91 Å². The SMILES string of the molecule is CO[C@@H]1CC[C@]2(OC)CCN(C(=O)c3c(C)ncnc3C)[C@@H]2C1. The number of rotatable bonds is 3. The Morgan fingerprint density at radius 1 is 1.26 bits per heavy atom. The van der Waals surface area contributed by atoms with Crippen molar-refractivity contribution in [3.05, 3.63) is 23.3 Å². The van der Waals surface area contributed by atoms with Crippen LogP contribution in [0.2, 0.25) is 0 Å². The number of fused-ring (bicyclic) bond motifs is 1. The Balaban J connectivity index is 1.92. The third-order valence-corrected chi connectivity index (χ3v) is 5.58. The molecule has 1 saturated carbocycles. The van der Waals surface area contributed by atoms with Crippen molar-refractivity contribution in [1.29, 1.82) is 0 Å². The van der Waals surface area contributed by atoms with Gasteiger partial charge in [0.2, 0.25) is 0 Å². The molecule has 3 atom stereocenters. The van der Waals surface area contributed by atoms with Gasteiger partial charge in [0, 0.05) is 20.8 Å². The zero-order valence-corrected chi connectivity index (χ0v) is 14.3. The molecule has 1 amide bonds. The number of nitrogens with zero attached hydrogens (tertiary/aromatic N) is 3. The molecule has 6 heteroatoms. The highest BCUT2D eigenvalue weighted by Crippen LogP contribution is 2.43. The summed E-state index contributed by atoms with van der Waals surface area (Å²) in [4.78, 5) is 23.5. The van der Waals surface area contributed by atoms with E-state index in [0.29, 0.717) is 12.1 Å². The molecule has 23 heavy (non-hydrogen) atoms. The maximum atomic E-state index is 13.1. The summed E-state index contributed by atoms with van der Waals surface area (Å²) in [5.41, 5.74) is 1.86. The second-order valence-electron chi connectivity index (χ2n) is 6.58. The molecule has 1 saturated heterocycles. The quantitative estimate of drug-likeness (QED) is 0.851. The van der Waals surface area contributed by atoms with Crippen LogP contribution in [0.15, 0.2) is 6.33 Å². The van der Waals surface area contributed by atoms with Crippen LogP contribution in [0.3, 0.4) is 0 Å². The van der Waals surface area contributed by atoms with Gasteiger partial charge in [0.15, 0.2) is 0 Å². The number of likely N-dealkylation sites (tertiary alicyclic amines) is 1. The van der Waals surface area contributed by atoms with Gasteiger partial charge in [0.25, 0.3) is 5.91 Å². The molecule has 0 aromatic carbocycles. The zero-order chi connectivity index (χ0) is 16.6. The average molecular weight is 319 g/mol. The number of methoxy groups -OCH3 is 2. The molecule has 0 radical (unpaired) electrons. The van der Waals surface area contributed by atoms with Crippen LogP contribution in [0.1, 0.15) is 47.4 Å². The number of aromatic nitrogens is 2. The first-order valence-electron chi connectivity index (χ1n) is 8.19. The van der Waals surface area contributed by atoms with Crippen LogP contribution >= 0.6 is 0 Å². The highest BCUT2D eigenvalue weighted by Gasteiger charge is 2.53. The van der Waals surface area contributed by atoms with E-state index < -0.39 is 0 Å². The summed E-state index contributed by atoms with van der Waals surface area (Å²) in [6.07, 6.45) is 5.30. The lowest BCUT2D eigenvalue weighted by molar-refractivity contribution is -0.0893. The van der Waals surface area contributed by atoms with Gasteiger partial charge in [-0.05, 0) is 39.5 Å². The summed E-state index contributed by atoms with van der Waals surface area (Å²) in [6, 6.07) is 0.0534. The molecule has 126 valence electrons. The van der Waals surface area contributed by atoms with Gasteiger partial charge >= 0.3 is 0 Å². The van der Waals surface area contributed by atoms with E-state index in [9.17, 15) is 4.79 Å². The molecule has 0 bridgehead atoms. The molecular formula is C17H25N3O3. The van der Waals surface area contributed by atoms with Gasteiger partial charge in [-0.15, -0.1) is 0 Å². The van der Waals surface area contributed by atoms with Gasteiger partial charge in [-0.25, -0.2) is 9.97 Å². The summed E-state index contributed by atoms with van der Waals surface area (Å²) in [5, 5.41) is 0. The molecule has 1 aliphatic carbocycles. The van der Waals surface area contributed by atoms with Crippen molar-refractivity contribution in [1.82, 2.24) is 14.9 Å². The summed E-state index contributed by atoms with van der Waals surface area (Å²) in [5.74, 6) is 0.0151. The first kappa shape index (κ1) is 16.3. The smallest absolute Gasteiger partial charge is 0.257 e. The Kier molecular flexibility index (Phi) is 4.38. The number of hydrogen-bond acceptors (Lipinski definition) is 5. The fraction of sp³-hybridized carbons (Fsp3) is 0.706. The summed E-state index contributed by atoms with van der Waals surface area (Å²) in [6.45, 7) is 4.43. The second kappa shape index (κ2) is 6.17. The van der Waals surface area contributed by atoms with Gasteiger partial charge in [-0.2, -0.15) is 0 Å². The first-order valence-corrected chi connectivity index (χ1v) is 8.19. The minimum Gasteiger partial charge on any atom is -0.381 e. The van der Waals surface area contributed by atoms with E-state index >= 15 is 0 Å². The van der Waals surface area contributed by atoms with E-state index in [0.717, 1.165) is 37.1 Å². The average Bonchev–Trinajstić information content (AvgIpc) is 2.93. The molecule has 6 nitrogen and oxygen atoms in total. The Morgan fingerprint density at radius 3 is 2.57 bits per heavy atom. The van der Waals surface area contributed by atoms with Crippen LogP contribution in [-0.4, -0.2) is 59.3 Å². The molecule has 0 N–H and O–H groups in total. The predicted octanol–water partition coefficient (Wildman–Crippen LogP) is 1.89. The second-order valence-corrected chi connectivity index (χ2v) is 6.58. The van der Waals surface area contributed by atoms with Crippen molar-refractivity contribution in [2.24, 2.45) is 0 Å². The number of ether oxygens (including phenoxy) is 2. The van der Waals surface area contributed by atoms with Gasteiger partial charge in [0.05, 0.1) is 34.7 Å². The van der Waals surface area contributed by atoms with Crippen molar-refractivity contribution in [3.8, 4) is 0 Å². The summed E-state index contributed by atoms with van der Waals surface area (Å²) < 4.78 is 11.4. The highest BCUT2D eigenvalue weighted by atomic mass is 16.5. The molecule has 0 spiro atoms. The van der Waals surface area contributed by atoms with Crippen LogP contribution in [0.4, 0.5) is 0 Å². The lowest BCUT2D eigenvalue weighted by atomic mass is 9.79. The van der Waals surface area contributed by atoms with Crippen LogP contribution in [-0.2, 0) is 9.47 Å². The third-order valence-electron chi connectivity index (χ3n) is 5.58.